The van der Waals surface area contributed by atoms with Crippen molar-refractivity contribution in [2.75, 3.05) is 7.05 Å². The quantitative estimate of drug-likeness (QED) is 0.893. The summed E-state index contributed by atoms with van der Waals surface area (Å²) < 4.78 is 38.7. The van der Waals surface area contributed by atoms with Gasteiger partial charge in [0.15, 0.2) is 0 Å². The van der Waals surface area contributed by atoms with E-state index in [1.807, 2.05) is 12.3 Å². The van der Waals surface area contributed by atoms with Crippen LogP contribution in [0.1, 0.15) is 36.4 Å². The van der Waals surface area contributed by atoms with Gasteiger partial charge in [0.25, 0.3) is 0 Å². The highest BCUT2D eigenvalue weighted by molar-refractivity contribution is 7.09. The summed E-state index contributed by atoms with van der Waals surface area (Å²) in [6.07, 6.45) is -2.46. The second-order valence-corrected chi connectivity index (χ2v) is 5.82. The average Bonchev–Trinajstić information content (AvgIpc) is 2.75. The maximum atomic E-state index is 12.9. The van der Waals surface area contributed by atoms with Crippen LogP contribution in [0, 0.1) is 12.8 Å². The van der Waals surface area contributed by atoms with E-state index in [-0.39, 0.29) is 12.8 Å². The van der Waals surface area contributed by atoms with Crippen LogP contribution in [0.25, 0.3) is 0 Å². The van der Waals surface area contributed by atoms with E-state index < -0.39 is 17.6 Å². The third-order valence-electron chi connectivity index (χ3n) is 3.72. The van der Waals surface area contributed by atoms with Gasteiger partial charge in [-0.15, -0.1) is 11.3 Å². The Kier molecular flexibility index (Phi) is 3.69. The van der Waals surface area contributed by atoms with E-state index in [9.17, 15) is 13.2 Å². The van der Waals surface area contributed by atoms with Crippen molar-refractivity contribution in [1.82, 2.24) is 10.3 Å². The molecule has 0 saturated heterocycles. The molecular formula is C12H17F3N2S. The van der Waals surface area contributed by atoms with E-state index in [1.165, 1.54) is 11.3 Å². The standard InChI is InChI=1S/C12H17F3N2S/c1-8-7-18-10(17-8)11(16-2)5-3-4-9(6-11)12(13,14)15/h7,9,16H,3-6H2,1-2H3. The molecule has 0 radical (unpaired) electrons. The fourth-order valence-corrected chi connectivity index (χ4v) is 3.70. The molecule has 1 heterocycles. The monoisotopic (exact) mass is 278 g/mol. The lowest BCUT2D eigenvalue weighted by Gasteiger charge is -2.40. The molecular weight excluding hydrogens is 261 g/mol. The van der Waals surface area contributed by atoms with Gasteiger partial charge in [0.2, 0.25) is 0 Å². The Morgan fingerprint density at radius 3 is 2.72 bits per heavy atom. The average molecular weight is 278 g/mol. The minimum atomic E-state index is -4.10. The molecule has 0 bridgehead atoms. The SMILES string of the molecule is CNC1(c2nc(C)cs2)CCCC(C(F)(F)F)C1. The van der Waals surface area contributed by atoms with Crippen LogP contribution in [-0.2, 0) is 5.54 Å². The number of hydrogen-bond acceptors (Lipinski definition) is 3. The third-order valence-corrected chi connectivity index (χ3v) is 4.89. The minimum absolute atomic E-state index is 0.0972. The third kappa shape index (κ3) is 2.54. The predicted octanol–water partition coefficient (Wildman–Crippen LogP) is 3.62. The van der Waals surface area contributed by atoms with Crippen molar-refractivity contribution in [3.05, 3.63) is 16.1 Å². The van der Waals surface area contributed by atoms with Gasteiger partial charge >= 0.3 is 6.18 Å². The zero-order valence-electron chi connectivity index (χ0n) is 10.5. The molecule has 1 aromatic heterocycles. The smallest absolute Gasteiger partial charge is 0.308 e. The van der Waals surface area contributed by atoms with Crippen molar-refractivity contribution in [3.63, 3.8) is 0 Å². The van der Waals surface area contributed by atoms with Gasteiger partial charge in [-0.3, -0.25) is 0 Å². The molecule has 2 rings (SSSR count). The predicted molar refractivity (Wildman–Crippen MR) is 65.6 cm³/mol. The normalized spacial score (nSPS) is 29.5. The molecule has 0 aliphatic heterocycles. The van der Waals surface area contributed by atoms with Gasteiger partial charge in [0.05, 0.1) is 11.5 Å². The topological polar surface area (TPSA) is 24.9 Å². The number of halogens is 3. The van der Waals surface area contributed by atoms with Gasteiger partial charge < -0.3 is 5.32 Å². The highest BCUT2D eigenvalue weighted by Crippen LogP contribution is 2.46. The second kappa shape index (κ2) is 4.81. The molecule has 1 aliphatic rings. The summed E-state index contributed by atoms with van der Waals surface area (Å²) in [6.45, 7) is 1.87. The lowest BCUT2D eigenvalue weighted by Crippen LogP contribution is -2.46. The van der Waals surface area contributed by atoms with E-state index in [2.05, 4.69) is 10.3 Å². The van der Waals surface area contributed by atoms with Crippen molar-refractivity contribution in [2.45, 2.75) is 44.3 Å². The Labute approximate surface area is 109 Å². The van der Waals surface area contributed by atoms with Crippen LogP contribution in [0.3, 0.4) is 0 Å². The highest BCUT2D eigenvalue weighted by atomic mass is 32.1. The number of thiazole rings is 1. The Morgan fingerprint density at radius 1 is 1.50 bits per heavy atom. The number of nitrogens with zero attached hydrogens (tertiary/aromatic N) is 1. The van der Waals surface area contributed by atoms with Crippen LogP contribution in [0.5, 0.6) is 0 Å². The molecule has 1 N–H and O–H groups in total. The fraction of sp³-hybridized carbons (Fsp3) is 0.750. The summed E-state index contributed by atoms with van der Waals surface area (Å²) >= 11 is 1.45. The number of nitrogens with one attached hydrogen (secondary N) is 1. The summed E-state index contributed by atoms with van der Waals surface area (Å²) in [7, 11) is 1.73. The highest BCUT2D eigenvalue weighted by Gasteiger charge is 2.48. The van der Waals surface area contributed by atoms with Gasteiger partial charge in [0, 0.05) is 11.1 Å². The van der Waals surface area contributed by atoms with Gasteiger partial charge in [-0.25, -0.2) is 4.98 Å². The van der Waals surface area contributed by atoms with Crippen molar-refractivity contribution in [3.8, 4) is 0 Å². The van der Waals surface area contributed by atoms with Crippen molar-refractivity contribution in [1.29, 1.82) is 0 Å². The number of aromatic nitrogens is 1. The van der Waals surface area contributed by atoms with Crippen molar-refractivity contribution >= 4 is 11.3 Å². The molecule has 102 valence electrons. The first-order chi connectivity index (χ1) is 8.37. The number of aryl methyl sites for hydroxylation is 1. The van der Waals surface area contributed by atoms with Crippen LogP contribution in [-0.4, -0.2) is 18.2 Å². The molecule has 6 heteroatoms. The lowest BCUT2D eigenvalue weighted by molar-refractivity contribution is -0.188. The molecule has 1 aromatic rings. The summed E-state index contributed by atoms with van der Waals surface area (Å²) in [6, 6.07) is 0. The maximum Gasteiger partial charge on any atom is 0.391 e. The van der Waals surface area contributed by atoms with Crippen LogP contribution < -0.4 is 5.32 Å². The van der Waals surface area contributed by atoms with Crippen LogP contribution in [0.15, 0.2) is 5.38 Å². The number of rotatable bonds is 2. The molecule has 1 aliphatic carbocycles. The molecule has 0 spiro atoms. The zero-order chi connectivity index (χ0) is 13.4. The Balaban J connectivity index is 2.27. The van der Waals surface area contributed by atoms with Crippen molar-refractivity contribution < 1.29 is 13.2 Å². The number of alkyl halides is 3. The molecule has 0 aromatic carbocycles. The molecule has 0 amide bonds. The largest absolute Gasteiger partial charge is 0.391 e. The molecule has 2 unspecified atom stereocenters. The van der Waals surface area contributed by atoms with Crippen molar-refractivity contribution in [2.24, 2.45) is 5.92 Å². The van der Waals surface area contributed by atoms with E-state index in [1.54, 1.807) is 7.05 Å². The van der Waals surface area contributed by atoms with Gasteiger partial charge in [0.1, 0.15) is 5.01 Å². The number of hydrogen-bond donors (Lipinski definition) is 1. The summed E-state index contributed by atoms with van der Waals surface area (Å²) in [5.74, 6) is -1.22. The van der Waals surface area contributed by atoms with E-state index >= 15 is 0 Å². The Bertz CT molecular complexity index is 416. The first-order valence-electron chi connectivity index (χ1n) is 6.05. The summed E-state index contributed by atoms with van der Waals surface area (Å²) in [5, 5.41) is 5.78. The minimum Gasteiger partial charge on any atom is -0.308 e. The Hall–Kier alpha value is -0.620. The van der Waals surface area contributed by atoms with Gasteiger partial charge in [-0.1, -0.05) is 6.42 Å². The Morgan fingerprint density at radius 2 is 2.22 bits per heavy atom. The first kappa shape index (κ1) is 13.8. The van der Waals surface area contributed by atoms with Crippen LogP contribution in [0.4, 0.5) is 13.2 Å². The second-order valence-electron chi connectivity index (χ2n) is 4.96. The van der Waals surface area contributed by atoms with Crippen LogP contribution >= 0.6 is 11.3 Å². The molecule has 2 nitrogen and oxygen atoms in total. The van der Waals surface area contributed by atoms with Crippen LogP contribution in [0.2, 0.25) is 0 Å². The van der Waals surface area contributed by atoms with E-state index in [0.29, 0.717) is 6.42 Å². The molecule has 1 saturated carbocycles. The van der Waals surface area contributed by atoms with E-state index in [4.69, 9.17) is 0 Å². The maximum absolute atomic E-state index is 12.9. The van der Waals surface area contributed by atoms with E-state index in [0.717, 1.165) is 17.1 Å². The molecule has 18 heavy (non-hydrogen) atoms. The lowest BCUT2D eigenvalue weighted by atomic mass is 9.75. The molecule has 2 atom stereocenters. The van der Waals surface area contributed by atoms with Gasteiger partial charge in [-0.05, 0) is 33.2 Å². The van der Waals surface area contributed by atoms with Gasteiger partial charge in [-0.2, -0.15) is 13.2 Å². The summed E-state index contributed by atoms with van der Waals surface area (Å²) in [4.78, 5) is 4.38. The first-order valence-corrected chi connectivity index (χ1v) is 6.93. The summed E-state index contributed by atoms with van der Waals surface area (Å²) in [5.41, 5.74) is 0.274. The zero-order valence-corrected chi connectivity index (χ0v) is 11.3. The fourth-order valence-electron chi connectivity index (χ4n) is 2.66. The molecule has 1 fully saturated rings.